The van der Waals surface area contributed by atoms with Crippen molar-refractivity contribution in [3.05, 3.63) is 60.2 Å². The maximum Gasteiger partial charge on any atom is 0.240 e. The summed E-state index contributed by atoms with van der Waals surface area (Å²) in [6, 6.07) is 9.90. The van der Waals surface area contributed by atoms with Crippen LogP contribution in [0.15, 0.2) is 53.4 Å². The number of benzene rings is 2. The highest BCUT2D eigenvalue weighted by molar-refractivity contribution is 7.89. The molecule has 4 nitrogen and oxygen atoms in total. The van der Waals surface area contributed by atoms with Crippen molar-refractivity contribution in [2.45, 2.75) is 4.90 Å². The van der Waals surface area contributed by atoms with Crippen LogP contribution in [0.1, 0.15) is 0 Å². The van der Waals surface area contributed by atoms with Gasteiger partial charge in [-0.05, 0) is 48.5 Å². The molecule has 1 N–H and O–H groups in total. The van der Waals surface area contributed by atoms with E-state index in [1.807, 2.05) is 0 Å². The van der Waals surface area contributed by atoms with Crippen LogP contribution in [0.5, 0.6) is 5.75 Å². The van der Waals surface area contributed by atoms with Crippen molar-refractivity contribution in [2.24, 2.45) is 0 Å². The van der Waals surface area contributed by atoms with Crippen LogP contribution in [0.25, 0.3) is 0 Å². The van der Waals surface area contributed by atoms with Gasteiger partial charge in [-0.25, -0.2) is 21.9 Å². The molecule has 0 fully saturated rings. The molecule has 0 atom stereocenters. The molecule has 112 valence electrons. The number of sulfonamides is 1. The predicted octanol–water partition coefficient (Wildman–Crippen LogP) is 2.32. The third-order valence-corrected chi connectivity index (χ3v) is 4.08. The summed E-state index contributed by atoms with van der Waals surface area (Å²) < 4.78 is 56.7. The minimum absolute atomic E-state index is 0.0225. The molecule has 0 radical (unpaired) electrons. The second-order valence-electron chi connectivity index (χ2n) is 4.15. The zero-order valence-electron chi connectivity index (χ0n) is 10.9. The molecule has 2 aromatic carbocycles. The fraction of sp³-hybridized carbons (Fsp3) is 0.143. The lowest BCUT2D eigenvalue weighted by atomic mass is 10.3. The number of halogens is 2. The van der Waals surface area contributed by atoms with E-state index in [0.29, 0.717) is 5.75 Å². The standard InChI is InChI=1S/C14H13F2NO3S/c15-11-1-5-13(6-2-11)20-10-9-17-21(18,19)14-7-3-12(16)4-8-14/h1-8,17H,9-10H2. The molecule has 0 unspecified atom stereocenters. The van der Waals surface area contributed by atoms with E-state index >= 15 is 0 Å². The summed E-state index contributed by atoms with van der Waals surface area (Å²) in [7, 11) is -3.69. The Morgan fingerprint density at radius 3 is 2.00 bits per heavy atom. The van der Waals surface area contributed by atoms with Crippen molar-refractivity contribution in [2.75, 3.05) is 13.2 Å². The van der Waals surface area contributed by atoms with Crippen molar-refractivity contribution in [3.63, 3.8) is 0 Å². The van der Waals surface area contributed by atoms with Crippen LogP contribution in [-0.4, -0.2) is 21.6 Å². The van der Waals surface area contributed by atoms with Gasteiger partial charge in [0, 0.05) is 6.54 Å². The number of rotatable bonds is 6. The van der Waals surface area contributed by atoms with Crippen LogP contribution in [-0.2, 0) is 10.0 Å². The summed E-state index contributed by atoms with van der Waals surface area (Å²) in [6.45, 7) is 0.128. The first-order chi connectivity index (χ1) is 9.97. The maximum atomic E-state index is 12.7. The first-order valence-corrected chi connectivity index (χ1v) is 7.59. The highest BCUT2D eigenvalue weighted by Crippen LogP contribution is 2.11. The van der Waals surface area contributed by atoms with Crippen molar-refractivity contribution in [1.29, 1.82) is 0 Å². The van der Waals surface area contributed by atoms with Crippen LogP contribution in [0.2, 0.25) is 0 Å². The van der Waals surface area contributed by atoms with E-state index in [0.717, 1.165) is 12.1 Å². The molecule has 0 heterocycles. The van der Waals surface area contributed by atoms with E-state index < -0.39 is 15.8 Å². The molecular weight excluding hydrogens is 300 g/mol. The molecule has 2 aromatic rings. The lowest BCUT2D eigenvalue weighted by Crippen LogP contribution is -2.28. The summed E-state index contributed by atoms with van der Waals surface area (Å²) in [4.78, 5) is -0.0225. The SMILES string of the molecule is O=S(=O)(NCCOc1ccc(F)cc1)c1ccc(F)cc1. The smallest absolute Gasteiger partial charge is 0.240 e. The number of hydrogen-bond acceptors (Lipinski definition) is 3. The first-order valence-electron chi connectivity index (χ1n) is 6.11. The topological polar surface area (TPSA) is 55.4 Å². The van der Waals surface area contributed by atoms with Gasteiger partial charge < -0.3 is 4.74 Å². The highest BCUT2D eigenvalue weighted by Gasteiger charge is 2.13. The fourth-order valence-electron chi connectivity index (χ4n) is 1.57. The van der Waals surface area contributed by atoms with Crippen molar-refractivity contribution >= 4 is 10.0 Å². The van der Waals surface area contributed by atoms with Crippen LogP contribution in [0.4, 0.5) is 8.78 Å². The van der Waals surface area contributed by atoms with Gasteiger partial charge in [-0.2, -0.15) is 0 Å². The van der Waals surface area contributed by atoms with E-state index in [1.165, 1.54) is 36.4 Å². The van der Waals surface area contributed by atoms with Gasteiger partial charge in [0.2, 0.25) is 10.0 Å². The lowest BCUT2D eigenvalue weighted by molar-refractivity contribution is 0.322. The van der Waals surface area contributed by atoms with Gasteiger partial charge in [0.1, 0.15) is 24.0 Å². The Morgan fingerprint density at radius 2 is 1.43 bits per heavy atom. The summed E-state index contributed by atoms with van der Waals surface area (Å²) in [5.74, 6) is -0.440. The van der Waals surface area contributed by atoms with Crippen LogP contribution >= 0.6 is 0 Å². The van der Waals surface area contributed by atoms with Gasteiger partial charge in [0.05, 0.1) is 4.90 Å². The summed E-state index contributed by atoms with van der Waals surface area (Å²) in [5, 5.41) is 0. The quantitative estimate of drug-likeness (QED) is 0.833. The molecule has 0 aliphatic heterocycles. The molecule has 2 rings (SSSR count). The van der Waals surface area contributed by atoms with E-state index in [2.05, 4.69) is 4.72 Å². The molecule has 21 heavy (non-hydrogen) atoms. The van der Waals surface area contributed by atoms with E-state index in [-0.39, 0.29) is 23.9 Å². The summed E-state index contributed by atoms with van der Waals surface area (Å²) in [6.07, 6.45) is 0. The largest absolute Gasteiger partial charge is 0.492 e. The Hall–Kier alpha value is -1.99. The van der Waals surface area contributed by atoms with Crippen LogP contribution in [0, 0.1) is 11.6 Å². The summed E-state index contributed by atoms with van der Waals surface area (Å²) in [5.41, 5.74) is 0. The van der Waals surface area contributed by atoms with Gasteiger partial charge >= 0.3 is 0 Å². The highest BCUT2D eigenvalue weighted by atomic mass is 32.2. The Morgan fingerprint density at radius 1 is 0.905 bits per heavy atom. The van der Waals surface area contributed by atoms with Gasteiger partial charge in [-0.1, -0.05) is 0 Å². The Bertz CT molecular complexity index is 685. The average molecular weight is 313 g/mol. The zero-order valence-corrected chi connectivity index (χ0v) is 11.7. The molecule has 0 aromatic heterocycles. The Labute approximate surface area is 121 Å². The van der Waals surface area contributed by atoms with E-state index in [9.17, 15) is 17.2 Å². The molecule has 0 spiro atoms. The minimum atomic E-state index is -3.69. The Kier molecular flexibility index (Phi) is 4.87. The maximum absolute atomic E-state index is 12.7. The number of nitrogens with one attached hydrogen (secondary N) is 1. The van der Waals surface area contributed by atoms with Crippen LogP contribution < -0.4 is 9.46 Å². The van der Waals surface area contributed by atoms with Gasteiger partial charge in [0.25, 0.3) is 0 Å². The molecule has 0 bridgehead atoms. The molecule has 0 aliphatic rings. The van der Waals surface area contributed by atoms with Crippen molar-refractivity contribution in [1.82, 2.24) is 4.72 Å². The van der Waals surface area contributed by atoms with Crippen LogP contribution in [0.3, 0.4) is 0 Å². The second-order valence-corrected chi connectivity index (χ2v) is 5.92. The zero-order chi connectivity index (χ0) is 15.3. The molecule has 0 aliphatic carbocycles. The lowest BCUT2D eigenvalue weighted by Gasteiger charge is -2.08. The average Bonchev–Trinajstić information content (AvgIpc) is 2.46. The predicted molar refractivity (Wildman–Crippen MR) is 73.5 cm³/mol. The van der Waals surface area contributed by atoms with Crippen molar-refractivity contribution < 1.29 is 21.9 Å². The first kappa shape index (κ1) is 15.4. The van der Waals surface area contributed by atoms with Gasteiger partial charge in [-0.3, -0.25) is 0 Å². The van der Waals surface area contributed by atoms with Gasteiger partial charge in [-0.15, -0.1) is 0 Å². The molecule has 0 saturated carbocycles. The molecule has 7 heteroatoms. The summed E-state index contributed by atoms with van der Waals surface area (Å²) >= 11 is 0. The molecule has 0 amide bonds. The molecule has 0 saturated heterocycles. The van der Waals surface area contributed by atoms with Gasteiger partial charge in [0.15, 0.2) is 0 Å². The molecular formula is C14H13F2NO3S. The number of ether oxygens (including phenoxy) is 1. The fourth-order valence-corrected chi connectivity index (χ4v) is 2.59. The van der Waals surface area contributed by atoms with Crippen molar-refractivity contribution in [3.8, 4) is 5.75 Å². The Balaban J connectivity index is 1.85. The monoisotopic (exact) mass is 313 g/mol. The minimum Gasteiger partial charge on any atom is -0.492 e. The van der Waals surface area contributed by atoms with E-state index in [4.69, 9.17) is 4.74 Å². The number of hydrogen-bond donors (Lipinski definition) is 1. The second kappa shape index (κ2) is 6.64. The third kappa shape index (κ3) is 4.51. The third-order valence-electron chi connectivity index (χ3n) is 2.60. The van der Waals surface area contributed by atoms with E-state index in [1.54, 1.807) is 0 Å². The normalized spacial score (nSPS) is 11.3.